The maximum absolute atomic E-state index is 5.86. The number of anilines is 1. The summed E-state index contributed by atoms with van der Waals surface area (Å²) >= 11 is 0. The molecule has 3 heterocycles. The predicted octanol–water partition coefficient (Wildman–Crippen LogP) is 2.93. The van der Waals surface area contributed by atoms with E-state index in [9.17, 15) is 0 Å². The molecule has 0 aliphatic carbocycles. The summed E-state index contributed by atoms with van der Waals surface area (Å²) < 4.78 is 5.86. The van der Waals surface area contributed by atoms with Gasteiger partial charge in [-0.3, -0.25) is 5.10 Å². The lowest BCUT2D eigenvalue weighted by Crippen LogP contribution is -2.34. The van der Waals surface area contributed by atoms with Gasteiger partial charge in [-0.05, 0) is 31.0 Å². The molecule has 102 valence electrons. The highest BCUT2D eigenvalue weighted by Crippen LogP contribution is 2.30. The smallest absolute Gasteiger partial charge is 0.298 e. The Morgan fingerprint density at radius 3 is 3.05 bits per heavy atom. The van der Waals surface area contributed by atoms with Crippen molar-refractivity contribution in [3.63, 3.8) is 0 Å². The average molecular weight is 268 g/mol. The van der Waals surface area contributed by atoms with E-state index in [-0.39, 0.29) is 0 Å². The van der Waals surface area contributed by atoms with Crippen LogP contribution in [0.15, 0.2) is 40.9 Å². The van der Waals surface area contributed by atoms with Gasteiger partial charge in [-0.25, -0.2) is 0 Å². The Balaban J connectivity index is 1.61. The minimum absolute atomic E-state index is 0.473. The van der Waals surface area contributed by atoms with Crippen LogP contribution in [0.5, 0.6) is 0 Å². The van der Waals surface area contributed by atoms with E-state index in [2.05, 4.69) is 26.1 Å². The molecule has 1 aliphatic heterocycles. The van der Waals surface area contributed by atoms with Gasteiger partial charge in [0.05, 0.1) is 0 Å². The van der Waals surface area contributed by atoms with Gasteiger partial charge in [-0.2, -0.15) is 10.1 Å². The lowest BCUT2D eigenvalue weighted by Gasteiger charge is -2.30. The summed E-state index contributed by atoms with van der Waals surface area (Å²) in [5.41, 5.74) is 2.98. The Bertz CT molecular complexity index is 671. The molecular weight excluding hydrogens is 252 g/mol. The van der Waals surface area contributed by atoms with E-state index >= 15 is 0 Å². The van der Waals surface area contributed by atoms with E-state index in [1.807, 2.05) is 30.5 Å². The van der Waals surface area contributed by atoms with Crippen LogP contribution in [0.4, 0.5) is 6.01 Å². The molecule has 3 aromatic rings. The zero-order valence-electron chi connectivity index (χ0n) is 11.1. The fourth-order valence-electron chi connectivity index (χ4n) is 2.89. The first-order chi connectivity index (χ1) is 9.90. The number of hydrogen-bond donors (Lipinski definition) is 1. The molecule has 2 aromatic heterocycles. The molecule has 4 rings (SSSR count). The van der Waals surface area contributed by atoms with Crippen molar-refractivity contribution >= 4 is 17.1 Å². The molecule has 5 nitrogen and oxygen atoms in total. The van der Waals surface area contributed by atoms with Crippen molar-refractivity contribution in [2.24, 2.45) is 0 Å². The highest BCUT2D eigenvalue weighted by molar-refractivity contribution is 5.74. The number of fused-ring (bicyclic) bond motifs is 1. The molecule has 0 spiro atoms. The number of piperidine rings is 1. The van der Waals surface area contributed by atoms with Gasteiger partial charge in [0, 0.05) is 30.9 Å². The molecule has 0 saturated carbocycles. The quantitative estimate of drug-likeness (QED) is 0.776. The van der Waals surface area contributed by atoms with Crippen LogP contribution < -0.4 is 4.90 Å². The van der Waals surface area contributed by atoms with Crippen molar-refractivity contribution in [3.8, 4) is 0 Å². The van der Waals surface area contributed by atoms with Crippen LogP contribution in [-0.4, -0.2) is 28.3 Å². The Morgan fingerprint density at radius 2 is 2.20 bits per heavy atom. The first kappa shape index (κ1) is 11.5. The van der Waals surface area contributed by atoms with Crippen molar-refractivity contribution in [1.29, 1.82) is 0 Å². The molecule has 5 heteroatoms. The summed E-state index contributed by atoms with van der Waals surface area (Å²) in [4.78, 5) is 6.82. The normalized spacial score (nSPS) is 19.6. The second-order valence-electron chi connectivity index (χ2n) is 5.26. The number of benzene rings is 1. The summed E-state index contributed by atoms with van der Waals surface area (Å²) in [5.74, 6) is 0.473. The van der Waals surface area contributed by atoms with Crippen LogP contribution in [0.3, 0.4) is 0 Å². The first-order valence-electron chi connectivity index (χ1n) is 7.00. The number of aromatic nitrogens is 3. The number of hydrogen-bond acceptors (Lipinski definition) is 4. The molecule has 1 saturated heterocycles. The molecular formula is C15H16N4O. The Kier molecular flexibility index (Phi) is 2.69. The molecule has 1 N–H and O–H groups in total. The number of oxazole rings is 1. The zero-order chi connectivity index (χ0) is 13.4. The van der Waals surface area contributed by atoms with Gasteiger partial charge in [0.2, 0.25) is 0 Å². The van der Waals surface area contributed by atoms with Gasteiger partial charge >= 0.3 is 0 Å². The second-order valence-corrected chi connectivity index (χ2v) is 5.26. The van der Waals surface area contributed by atoms with Gasteiger partial charge in [-0.15, -0.1) is 0 Å². The predicted molar refractivity (Wildman–Crippen MR) is 76.8 cm³/mol. The maximum Gasteiger partial charge on any atom is 0.298 e. The van der Waals surface area contributed by atoms with Crippen molar-refractivity contribution in [1.82, 2.24) is 15.2 Å². The van der Waals surface area contributed by atoms with Crippen molar-refractivity contribution < 1.29 is 4.42 Å². The molecule has 1 atom stereocenters. The van der Waals surface area contributed by atoms with E-state index in [4.69, 9.17) is 4.42 Å². The number of nitrogens with zero attached hydrogens (tertiary/aromatic N) is 3. The Hall–Kier alpha value is -2.30. The Labute approximate surface area is 116 Å². The van der Waals surface area contributed by atoms with Gasteiger partial charge in [0.15, 0.2) is 5.58 Å². The van der Waals surface area contributed by atoms with Gasteiger partial charge in [0.25, 0.3) is 6.01 Å². The van der Waals surface area contributed by atoms with E-state index in [0.717, 1.165) is 36.6 Å². The largest absolute Gasteiger partial charge is 0.423 e. The fraction of sp³-hybridized carbons (Fsp3) is 0.333. The van der Waals surface area contributed by atoms with Crippen molar-refractivity contribution in [2.75, 3.05) is 18.0 Å². The lowest BCUT2D eigenvalue weighted by atomic mass is 9.95. The lowest BCUT2D eigenvalue weighted by molar-refractivity contribution is 0.463. The van der Waals surface area contributed by atoms with Crippen molar-refractivity contribution in [2.45, 2.75) is 18.8 Å². The number of H-pyrrole nitrogens is 1. The fourth-order valence-corrected chi connectivity index (χ4v) is 2.89. The van der Waals surface area contributed by atoms with Gasteiger partial charge < -0.3 is 9.32 Å². The molecule has 1 aromatic carbocycles. The summed E-state index contributed by atoms with van der Waals surface area (Å²) in [6.07, 6.45) is 4.13. The van der Waals surface area contributed by atoms with Crippen LogP contribution in [0.25, 0.3) is 11.1 Å². The summed E-state index contributed by atoms with van der Waals surface area (Å²) in [6, 6.07) is 10.7. The standard InChI is InChI=1S/C15H16N4O/c1-2-6-14-13(5-1)17-15(20-14)19-9-3-4-11(10-19)12-7-8-16-18-12/h1-2,5-8,11H,3-4,9-10H2,(H,16,18)/t11-/m1/s1. The minimum Gasteiger partial charge on any atom is -0.423 e. The summed E-state index contributed by atoms with van der Waals surface area (Å²) in [5, 5.41) is 7.13. The van der Waals surface area contributed by atoms with Gasteiger partial charge in [0.1, 0.15) is 5.52 Å². The monoisotopic (exact) mass is 268 g/mol. The van der Waals surface area contributed by atoms with Crippen LogP contribution in [0.2, 0.25) is 0 Å². The van der Waals surface area contributed by atoms with Crippen LogP contribution in [0.1, 0.15) is 24.5 Å². The topological polar surface area (TPSA) is 58.0 Å². The summed E-state index contributed by atoms with van der Waals surface area (Å²) in [6.45, 7) is 1.92. The highest BCUT2D eigenvalue weighted by Gasteiger charge is 2.25. The molecule has 1 aliphatic rings. The third kappa shape index (κ3) is 1.95. The summed E-state index contributed by atoms with van der Waals surface area (Å²) in [7, 11) is 0. The number of para-hydroxylation sites is 2. The van der Waals surface area contributed by atoms with E-state index in [1.54, 1.807) is 0 Å². The van der Waals surface area contributed by atoms with Gasteiger partial charge in [-0.1, -0.05) is 12.1 Å². The minimum atomic E-state index is 0.473. The molecule has 0 radical (unpaired) electrons. The average Bonchev–Trinajstić information content (AvgIpc) is 3.16. The highest BCUT2D eigenvalue weighted by atomic mass is 16.4. The number of rotatable bonds is 2. The van der Waals surface area contributed by atoms with E-state index in [1.165, 1.54) is 12.1 Å². The van der Waals surface area contributed by atoms with E-state index in [0.29, 0.717) is 5.92 Å². The third-order valence-corrected chi connectivity index (χ3v) is 3.94. The van der Waals surface area contributed by atoms with Crippen LogP contribution in [-0.2, 0) is 0 Å². The number of aromatic amines is 1. The van der Waals surface area contributed by atoms with Crippen LogP contribution in [0, 0.1) is 0 Å². The molecule has 0 unspecified atom stereocenters. The zero-order valence-corrected chi connectivity index (χ0v) is 11.1. The second kappa shape index (κ2) is 4.67. The molecule has 0 amide bonds. The van der Waals surface area contributed by atoms with Crippen molar-refractivity contribution in [3.05, 3.63) is 42.2 Å². The Morgan fingerprint density at radius 1 is 1.25 bits per heavy atom. The number of nitrogens with one attached hydrogen (secondary N) is 1. The third-order valence-electron chi connectivity index (χ3n) is 3.94. The SMILES string of the molecule is c1ccc2oc(N3CCC[C@@H](c4ccn[nH]4)C3)nc2c1. The molecule has 20 heavy (non-hydrogen) atoms. The molecule has 0 bridgehead atoms. The van der Waals surface area contributed by atoms with E-state index < -0.39 is 0 Å². The molecule has 1 fully saturated rings. The first-order valence-corrected chi connectivity index (χ1v) is 7.00. The maximum atomic E-state index is 5.86. The van der Waals surface area contributed by atoms with Crippen LogP contribution >= 0.6 is 0 Å².